The lowest BCUT2D eigenvalue weighted by Crippen LogP contribution is -2.47. The van der Waals surface area contributed by atoms with E-state index in [1.807, 2.05) is 24.3 Å². The normalized spacial score (nSPS) is 24.6. The molecule has 6 nitrogen and oxygen atoms in total. The fraction of sp³-hybridized carbons (Fsp3) is 0.562. The minimum atomic E-state index is -3.72. The molecular formula is C16H22N2O4S. The third-order valence-electron chi connectivity index (χ3n) is 4.50. The fourth-order valence-electron chi connectivity index (χ4n) is 3.43. The van der Waals surface area contributed by atoms with Crippen molar-refractivity contribution in [3.8, 4) is 0 Å². The second-order valence-electron chi connectivity index (χ2n) is 5.93. The molecule has 23 heavy (non-hydrogen) atoms. The zero-order valence-corrected chi connectivity index (χ0v) is 14.0. The fourth-order valence-corrected chi connectivity index (χ4v) is 5.06. The van der Waals surface area contributed by atoms with Crippen molar-refractivity contribution < 1.29 is 17.9 Å². The van der Waals surface area contributed by atoms with Crippen molar-refractivity contribution in [2.75, 3.05) is 13.2 Å². The van der Waals surface area contributed by atoms with Crippen LogP contribution < -0.4 is 4.72 Å². The lowest BCUT2D eigenvalue weighted by Gasteiger charge is -2.25. The molecule has 1 fully saturated rings. The van der Waals surface area contributed by atoms with E-state index in [9.17, 15) is 13.2 Å². The third kappa shape index (κ3) is 3.27. The summed E-state index contributed by atoms with van der Waals surface area (Å²) in [4.78, 5) is 12.0. The molecule has 1 aliphatic carbocycles. The van der Waals surface area contributed by atoms with E-state index in [0.717, 1.165) is 18.4 Å². The second-order valence-corrected chi connectivity index (χ2v) is 7.59. The Balaban J connectivity index is 1.76. The molecule has 1 N–H and O–H groups in total. The molecule has 1 aromatic carbocycles. The van der Waals surface area contributed by atoms with Crippen LogP contribution in [0.25, 0.3) is 0 Å². The highest BCUT2D eigenvalue weighted by atomic mass is 32.2. The van der Waals surface area contributed by atoms with Gasteiger partial charge in [-0.1, -0.05) is 24.3 Å². The lowest BCUT2D eigenvalue weighted by molar-refractivity contribution is -0.146. The van der Waals surface area contributed by atoms with Gasteiger partial charge in [0.1, 0.15) is 6.04 Å². The van der Waals surface area contributed by atoms with Crippen LogP contribution in [0.3, 0.4) is 0 Å². The van der Waals surface area contributed by atoms with E-state index in [0.29, 0.717) is 19.4 Å². The van der Waals surface area contributed by atoms with Crippen LogP contribution in [-0.4, -0.2) is 37.9 Å². The molecule has 0 bridgehead atoms. The van der Waals surface area contributed by atoms with E-state index in [4.69, 9.17) is 4.74 Å². The summed E-state index contributed by atoms with van der Waals surface area (Å²) < 4.78 is 34.5. The Morgan fingerprint density at radius 1 is 1.35 bits per heavy atom. The molecule has 0 aromatic heterocycles. The number of rotatable bonds is 5. The van der Waals surface area contributed by atoms with Gasteiger partial charge < -0.3 is 4.74 Å². The number of esters is 1. The summed E-state index contributed by atoms with van der Waals surface area (Å²) in [5, 5.41) is 0. The van der Waals surface area contributed by atoms with E-state index in [-0.39, 0.29) is 12.6 Å². The number of carbonyl (C=O) groups is 1. The molecule has 0 amide bonds. The van der Waals surface area contributed by atoms with Gasteiger partial charge in [0.25, 0.3) is 10.2 Å². The summed E-state index contributed by atoms with van der Waals surface area (Å²) in [6, 6.07) is 6.95. The van der Waals surface area contributed by atoms with Gasteiger partial charge in [0.05, 0.1) is 6.61 Å². The standard InChI is InChI=1S/C16H22N2O4S/c1-2-22-16(19)15-8-5-11-18(15)23(20,21)17-14-10-9-12-6-3-4-7-13(12)14/h3-4,6-7,14-15,17H,2,5,8-11H2,1H3/t14-,15+/m1/s1. The van der Waals surface area contributed by atoms with Gasteiger partial charge in [-0.3, -0.25) is 4.79 Å². The first kappa shape index (κ1) is 16.4. The first-order valence-corrected chi connectivity index (χ1v) is 9.50. The smallest absolute Gasteiger partial charge is 0.324 e. The monoisotopic (exact) mass is 338 g/mol. The van der Waals surface area contributed by atoms with E-state index < -0.39 is 22.2 Å². The minimum Gasteiger partial charge on any atom is -0.465 e. The zero-order valence-electron chi connectivity index (χ0n) is 13.2. The Morgan fingerprint density at radius 3 is 2.91 bits per heavy atom. The molecule has 2 aliphatic rings. The number of hydrogen-bond acceptors (Lipinski definition) is 4. The highest BCUT2D eigenvalue weighted by Crippen LogP contribution is 2.32. The summed E-state index contributed by atoms with van der Waals surface area (Å²) in [6.45, 7) is 2.33. The van der Waals surface area contributed by atoms with Crippen molar-refractivity contribution in [1.82, 2.24) is 9.03 Å². The Bertz CT molecular complexity index is 689. The van der Waals surface area contributed by atoms with Gasteiger partial charge in [-0.25, -0.2) is 0 Å². The van der Waals surface area contributed by atoms with Gasteiger partial charge in [-0.2, -0.15) is 17.4 Å². The molecule has 126 valence electrons. The van der Waals surface area contributed by atoms with Gasteiger partial charge in [0.2, 0.25) is 0 Å². The van der Waals surface area contributed by atoms with Crippen LogP contribution in [0.5, 0.6) is 0 Å². The van der Waals surface area contributed by atoms with Gasteiger partial charge in [0.15, 0.2) is 0 Å². The predicted molar refractivity (Wildman–Crippen MR) is 85.9 cm³/mol. The van der Waals surface area contributed by atoms with E-state index in [2.05, 4.69) is 4.72 Å². The maximum Gasteiger partial charge on any atom is 0.324 e. The molecule has 0 radical (unpaired) electrons. The molecule has 0 spiro atoms. The molecule has 3 rings (SSSR count). The topological polar surface area (TPSA) is 75.7 Å². The molecule has 7 heteroatoms. The summed E-state index contributed by atoms with van der Waals surface area (Å²) in [7, 11) is -3.72. The van der Waals surface area contributed by atoms with E-state index in [1.165, 1.54) is 9.87 Å². The van der Waals surface area contributed by atoms with Crippen LogP contribution in [0.4, 0.5) is 0 Å². The maximum absolute atomic E-state index is 12.7. The third-order valence-corrected chi connectivity index (χ3v) is 6.13. The Labute approximate surface area is 137 Å². The zero-order chi connectivity index (χ0) is 16.4. The van der Waals surface area contributed by atoms with Gasteiger partial charge >= 0.3 is 5.97 Å². The number of carbonyl (C=O) groups excluding carboxylic acids is 1. The number of nitrogens with one attached hydrogen (secondary N) is 1. The largest absolute Gasteiger partial charge is 0.465 e. The van der Waals surface area contributed by atoms with Crippen molar-refractivity contribution >= 4 is 16.2 Å². The van der Waals surface area contributed by atoms with Crippen LogP contribution in [0.2, 0.25) is 0 Å². The SMILES string of the molecule is CCOC(=O)[C@@H]1CCCN1S(=O)(=O)N[C@@H]1CCc2ccccc21. The predicted octanol–water partition coefficient (Wildman–Crippen LogP) is 1.54. The highest BCUT2D eigenvalue weighted by molar-refractivity contribution is 7.87. The molecule has 1 saturated heterocycles. The van der Waals surface area contributed by atoms with Crippen LogP contribution >= 0.6 is 0 Å². The summed E-state index contributed by atoms with van der Waals surface area (Å²) in [5.74, 6) is -0.456. The quantitative estimate of drug-likeness (QED) is 0.826. The number of nitrogens with zero attached hydrogens (tertiary/aromatic N) is 1. The minimum absolute atomic E-state index is 0.223. The van der Waals surface area contributed by atoms with E-state index >= 15 is 0 Å². The Hall–Kier alpha value is -1.44. The first-order chi connectivity index (χ1) is 11.0. The van der Waals surface area contributed by atoms with Gasteiger partial charge in [0, 0.05) is 12.6 Å². The van der Waals surface area contributed by atoms with Crippen molar-refractivity contribution in [2.45, 2.75) is 44.7 Å². The maximum atomic E-state index is 12.7. The van der Waals surface area contributed by atoms with E-state index in [1.54, 1.807) is 6.92 Å². The average molecular weight is 338 g/mol. The Kier molecular flexibility index (Phi) is 4.70. The van der Waals surface area contributed by atoms with Crippen molar-refractivity contribution in [2.24, 2.45) is 0 Å². The number of aryl methyl sites for hydroxylation is 1. The molecule has 1 aliphatic heterocycles. The number of ether oxygens (including phenoxy) is 1. The van der Waals surface area contributed by atoms with Crippen molar-refractivity contribution in [1.29, 1.82) is 0 Å². The molecular weight excluding hydrogens is 316 g/mol. The molecule has 2 atom stereocenters. The van der Waals surface area contributed by atoms with Crippen LogP contribution in [-0.2, 0) is 26.2 Å². The van der Waals surface area contributed by atoms with Crippen molar-refractivity contribution in [3.05, 3.63) is 35.4 Å². The molecule has 1 heterocycles. The second kappa shape index (κ2) is 6.59. The Morgan fingerprint density at radius 2 is 2.13 bits per heavy atom. The highest BCUT2D eigenvalue weighted by Gasteiger charge is 2.41. The van der Waals surface area contributed by atoms with Crippen LogP contribution in [0, 0.1) is 0 Å². The summed E-state index contributed by atoms with van der Waals surface area (Å²) in [5.41, 5.74) is 2.21. The molecule has 0 saturated carbocycles. The summed E-state index contributed by atoms with van der Waals surface area (Å²) in [6.07, 6.45) is 2.80. The molecule has 1 aromatic rings. The summed E-state index contributed by atoms with van der Waals surface area (Å²) >= 11 is 0. The number of fused-ring (bicyclic) bond motifs is 1. The van der Waals surface area contributed by atoms with Crippen LogP contribution in [0.15, 0.2) is 24.3 Å². The van der Waals surface area contributed by atoms with Gasteiger partial charge in [-0.15, -0.1) is 0 Å². The number of benzene rings is 1. The average Bonchev–Trinajstić information content (AvgIpc) is 3.15. The molecule has 0 unspecified atom stereocenters. The van der Waals surface area contributed by atoms with Crippen molar-refractivity contribution in [3.63, 3.8) is 0 Å². The number of hydrogen-bond donors (Lipinski definition) is 1. The van der Waals surface area contributed by atoms with Crippen LogP contribution in [0.1, 0.15) is 43.4 Å². The lowest BCUT2D eigenvalue weighted by atomic mass is 10.1. The van der Waals surface area contributed by atoms with Gasteiger partial charge in [-0.05, 0) is 43.7 Å². The first-order valence-electron chi connectivity index (χ1n) is 8.06.